The van der Waals surface area contributed by atoms with Crippen molar-refractivity contribution in [2.24, 2.45) is 0 Å². The standard InChI is InChI=1S/C24H24/c1-15(2)23-19-11-7-5-9-17(19)14-22-21(23)13-18-10-6-8-12-20(18)24(22)16(3)4/h5-16H,1-4H3. The van der Waals surface area contributed by atoms with Gasteiger partial charge in [-0.2, -0.15) is 0 Å². The smallest absolute Gasteiger partial charge is 0.0134 e. The fraction of sp³-hybridized carbons (Fsp3) is 0.250. The van der Waals surface area contributed by atoms with Gasteiger partial charge in [0.25, 0.3) is 0 Å². The van der Waals surface area contributed by atoms with Gasteiger partial charge in [-0.25, -0.2) is 0 Å². The Morgan fingerprint density at radius 2 is 0.875 bits per heavy atom. The third-order valence-corrected chi connectivity index (χ3v) is 5.13. The molecule has 0 aromatic heterocycles. The first-order valence-corrected chi connectivity index (χ1v) is 8.95. The molecule has 0 atom stereocenters. The van der Waals surface area contributed by atoms with Crippen LogP contribution in [-0.2, 0) is 0 Å². The molecule has 0 nitrogen and oxygen atoms in total. The lowest BCUT2D eigenvalue weighted by molar-refractivity contribution is 0.878. The number of hydrogen-bond donors (Lipinski definition) is 0. The van der Waals surface area contributed by atoms with E-state index in [1.807, 2.05) is 0 Å². The van der Waals surface area contributed by atoms with Crippen LogP contribution < -0.4 is 0 Å². The van der Waals surface area contributed by atoms with E-state index in [0.717, 1.165) is 0 Å². The van der Waals surface area contributed by atoms with Crippen molar-refractivity contribution in [3.63, 3.8) is 0 Å². The summed E-state index contributed by atoms with van der Waals surface area (Å²) in [7, 11) is 0. The summed E-state index contributed by atoms with van der Waals surface area (Å²) in [6.45, 7) is 9.24. The third-order valence-electron chi connectivity index (χ3n) is 5.13. The number of hydrogen-bond acceptors (Lipinski definition) is 0. The summed E-state index contributed by atoms with van der Waals surface area (Å²) in [6, 6.07) is 22.5. The Morgan fingerprint density at radius 1 is 0.500 bits per heavy atom. The van der Waals surface area contributed by atoms with E-state index in [4.69, 9.17) is 0 Å². The second-order valence-electron chi connectivity index (χ2n) is 7.43. The first-order valence-electron chi connectivity index (χ1n) is 8.95. The molecule has 0 radical (unpaired) electrons. The molecule has 0 bridgehead atoms. The molecule has 0 saturated heterocycles. The average Bonchev–Trinajstić information content (AvgIpc) is 2.56. The molecule has 0 saturated carbocycles. The first-order chi connectivity index (χ1) is 11.6. The molecule has 0 fully saturated rings. The van der Waals surface area contributed by atoms with E-state index in [2.05, 4.69) is 88.4 Å². The van der Waals surface area contributed by atoms with Crippen molar-refractivity contribution in [1.82, 2.24) is 0 Å². The molecule has 4 rings (SSSR count). The lowest BCUT2D eigenvalue weighted by atomic mass is 9.84. The van der Waals surface area contributed by atoms with Gasteiger partial charge in [-0.3, -0.25) is 0 Å². The van der Waals surface area contributed by atoms with E-state index in [9.17, 15) is 0 Å². The zero-order valence-electron chi connectivity index (χ0n) is 14.9. The van der Waals surface area contributed by atoms with Gasteiger partial charge in [-0.05, 0) is 67.4 Å². The molecule has 4 aromatic rings. The zero-order chi connectivity index (χ0) is 16.8. The summed E-state index contributed by atoms with van der Waals surface area (Å²) >= 11 is 0. The van der Waals surface area contributed by atoms with E-state index < -0.39 is 0 Å². The van der Waals surface area contributed by atoms with Gasteiger partial charge in [0, 0.05) is 0 Å². The molecule has 0 spiro atoms. The van der Waals surface area contributed by atoms with Crippen molar-refractivity contribution in [3.8, 4) is 0 Å². The van der Waals surface area contributed by atoms with Crippen LogP contribution in [0.4, 0.5) is 0 Å². The molecule has 0 unspecified atom stereocenters. The zero-order valence-corrected chi connectivity index (χ0v) is 14.9. The molecule has 4 aromatic carbocycles. The molecular formula is C24H24. The van der Waals surface area contributed by atoms with Gasteiger partial charge in [-0.15, -0.1) is 0 Å². The topological polar surface area (TPSA) is 0 Å². The maximum Gasteiger partial charge on any atom is -0.0134 e. The summed E-state index contributed by atoms with van der Waals surface area (Å²) < 4.78 is 0. The SMILES string of the molecule is CC(C)c1c2ccccc2cc2c(C(C)C)c3ccccc3cc12. The van der Waals surface area contributed by atoms with Gasteiger partial charge in [0.2, 0.25) is 0 Å². The third kappa shape index (κ3) is 2.21. The quantitative estimate of drug-likeness (QED) is 0.338. The molecule has 0 heteroatoms. The fourth-order valence-corrected chi connectivity index (χ4v) is 4.18. The molecule has 0 aliphatic carbocycles. The molecule has 0 aliphatic heterocycles. The summed E-state index contributed by atoms with van der Waals surface area (Å²) in [4.78, 5) is 0. The van der Waals surface area contributed by atoms with Crippen LogP contribution in [0.1, 0.15) is 50.7 Å². The predicted molar refractivity (Wildman–Crippen MR) is 107 cm³/mol. The maximum atomic E-state index is 2.40. The second kappa shape index (κ2) is 5.63. The lowest BCUT2D eigenvalue weighted by Crippen LogP contribution is -1.98. The van der Waals surface area contributed by atoms with Crippen molar-refractivity contribution < 1.29 is 0 Å². The normalized spacial score (nSPS) is 12.1. The monoisotopic (exact) mass is 312 g/mol. The van der Waals surface area contributed by atoms with Crippen LogP contribution >= 0.6 is 0 Å². The van der Waals surface area contributed by atoms with Crippen LogP contribution in [0.15, 0.2) is 60.7 Å². The van der Waals surface area contributed by atoms with Gasteiger partial charge in [0.05, 0.1) is 0 Å². The lowest BCUT2D eigenvalue weighted by Gasteiger charge is -2.20. The molecule has 24 heavy (non-hydrogen) atoms. The van der Waals surface area contributed by atoms with Gasteiger partial charge in [0.1, 0.15) is 0 Å². The first kappa shape index (κ1) is 15.2. The largest absolute Gasteiger partial charge is 0.0616 e. The summed E-state index contributed by atoms with van der Waals surface area (Å²) in [5.41, 5.74) is 2.96. The Balaban J connectivity index is 2.32. The molecule has 0 heterocycles. The van der Waals surface area contributed by atoms with E-state index in [1.54, 1.807) is 0 Å². The molecule has 0 amide bonds. The highest BCUT2D eigenvalue weighted by Gasteiger charge is 2.16. The highest BCUT2D eigenvalue weighted by Crippen LogP contribution is 2.40. The molecule has 0 aliphatic rings. The van der Waals surface area contributed by atoms with E-state index in [0.29, 0.717) is 11.8 Å². The van der Waals surface area contributed by atoms with Crippen molar-refractivity contribution in [2.75, 3.05) is 0 Å². The van der Waals surface area contributed by atoms with Crippen LogP contribution in [0.3, 0.4) is 0 Å². The minimum atomic E-state index is 0.500. The Bertz CT molecular complexity index is 965. The average molecular weight is 312 g/mol. The van der Waals surface area contributed by atoms with Gasteiger partial charge in [-0.1, -0.05) is 76.2 Å². The Kier molecular flexibility index (Phi) is 3.57. The minimum absolute atomic E-state index is 0.500. The highest BCUT2D eigenvalue weighted by atomic mass is 14.2. The highest BCUT2D eigenvalue weighted by molar-refractivity contribution is 6.10. The second-order valence-corrected chi connectivity index (χ2v) is 7.43. The van der Waals surface area contributed by atoms with Crippen LogP contribution in [0.2, 0.25) is 0 Å². The number of rotatable bonds is 2. The Hall–Kier alpha value is -2.34. The fourth-order valence-electron chi connectivity index (χ4n) is 4.18. The van der Waals surface area contributed by atoms with Gasteiger partial charge in [0.15, 0.2) is 0 Å². The number of fused-ring (bicyclic) bond motifs is 3. The maximum absolute atomic E-state index is 2.40. The van der Waals surface area contributed by atoms with Crippen molar-refractivity contribution in [3.05, 3.63) is 71.8 Å². The van der Waals surface area contributed by atoms with Crippen LogP contribution in [0.5, 0.6) is 0 Å². The summed E-state index contributed by atoms with van der Waals surface area (Å²) in [6.07, 6.45) is 0. The van der Waals surface area contributed by atoms with E-state index in [1.165, 1.54) is 43.4 Å². The van der Waals surface area contributed by atoms with Crippen LogP contribution in [-0.4, -0.2) is 0 Å². The van der Waals surface area contributed by atoms with Gasteiger partial charge >= 0.3 is 0 Å². The van der Waals surface area contributed by atoms with Crippen LogP contribution in [0, 0.1) is 0 Å². The minimum Gasteiger partial charge on any atom is -0.0616 e. The van der Waals surface area contributed by atoms with Crippen molar-refractivity contribution in [2.45, 2.75) is 39.5 Å². The summed E-state index contributed by atoms with van der Waals surface area (Å²) in [5.74, 6) is 1.000. The predicted octanol–water partition coefficient (Wildman–Crippen LogP) is 7.39. The van der Waals surface area contributed by atoms with E-state index >= 15 is 0 Å². The summed E-state index contributed by atoms with van der Waals surface area (Å²) in [5, 5.41) is 8.34. The van der Waals surface area contributed by atoms with Crippen LogP contribution in [0.25, 0.3) is 32.3 Å². The van der Waals surface area contributed by atoms with E-state index in [-0.39, 0.29) is 0 Å². The molecular weight excluding hydrogens is 288 g/mol. The molecule has 0 N–H and O–H groups in total. The number of benzene rings is 4. The van der Waals surface area contributed by atoms with Crippen molar-refractivity contribution in [1.29, 1.82) is 0 Å². The van der Waals surface area contributed by atoms with Crippen molar-refractivity contribution >= 4 is 32.3 Å². The Labute approximate surface area is 144 Å². The Morgan fingerprint density at radius 3 is 1.25 bits per heavy atom. The van der Waals surface area contributed by atoms with Gasteiger partial charge < -0.3 is 0 Å². The molecule has 120 valence electrons.